The molecular weight excluding hydrogens is 274 g/mol. The van der Waals surface area contributed by atoms with Crippen LogP contribution in [0, 0.1) is 5.92 Å². The van der Waals surface area contributed by atoms with Crippen molar-refractivity contribution in [1.29, 1.82) is 0 Å². The Morgan fingerprint density at radius 3 is 2.64 bits per heavy atom. The van der Waals surface area contributed by atoms with Gasteiger partial charge in [0.2, 0.25) is 5.91 Å². The first-order valence-corrected chi connectivity index (χ1v) is 8.50. The molecule has 0 radical (unpaired) electrons. The Hall–Kier alpha value is -1.77. The molecule has 0 unspecified atom stereocenters. The highest BCUT2D eigenvalue weighted by atomic mass is 16.5. The van der Waals surface area contributed by atoms with Crippen molar-refractivity contribution in [3.63, 3.8) is 0 Å². The molecule has 3 heteroatoms. The maximum Gasteiger partial charge on any atom is 0.248 e. The quantitative estimate of drug-likeness (QED) is 0.871. The van der Waals surface area contributed by atoms with E-state index in [4.69, 9.17) is 4.74 Å². The first-order chi connectivity index (χ1) is 10.8. The minimum atomic E-state index is -0.0337. The molecule has 2 aliphatic rings. The molecule has 0 spiro atoms. The molecule has 0 saturated heterocycles. The zero-order valence-electron chi connectivity index (χ0n) is 13.1. The molecule has 0 aromatic heterocycles. The maximum atomic E-state index is 11.7. The molecule has 3 rings (SSSR count). The van der Waals surface area contributed by atoms with Gasteiger partial charge in [0.05, 0.1) is 12.6 Å². The Bertz CT molecular complexity index is 517. The SMILES string of the molecule is O=C1C=C(OCCC2CCCCC2)[C@H](Cc2ccccc2)N1. The van der Waals surface area contributed by atoms with Crippen LogP contribution in [0.4, 0.5) is 0 Å². The van der Waals surface area contributed by atoms with E-state index in [1.807, 2.05) is 18.2 Å². The Morgan fingerprint density at radius 2 is 1.86 bits per heavy atom. The van der Waals surface area contributed by atoms with Crippen molar-refractivity contribution in [2.75, 3.05) is 6.61 Å². The number of carbonyl (C=O) groups excluding carboxylic acids is 1. The topological polar surface area (TPSA) is 38.3 Å². The van der Waals surface area contributed by atoms with Gasteiger partial charge in [0.1, 0.15) is 5.76 Å². The van der Waals surface area contributed by atoms with E-state index >= 15 is 0 Å². The lowest BCUT2D eigenvalue weighted by Crippen LogP contribution is -2.31. The largest absolute Gasteiger partial charge is 0.496 e. The van der Waals surface area contributed by atoms with Crippen LogP contribution in [0.25, 0.3) is 0 Å². The Morgan fingerprint density at radius 1 is 1.09 bits per heavy atom. The van der Waals surface area contributed by atoms with Crippen molar-refractivity contribution in [2.24, 2.45) is 5.92 Å². The molecule has 3 nitrogen and oxygen atoms in total. The lowest BCUT2D eigenvalue weighted by molar-refractivity contribution is -0.116. The number of hydrogen-bond donors (Lipinski definition) is 1. The molecule has 1 aliphatic carbocycles. The van der Waals surface area contributed by atoms with E-state index in [1.165, 1.54) is 37.7 Å². The van der Waals surface area contributed by atoms with Gasteiger partial charge in [-0.25, -0.2) is 0 Å². The second-order valence-electron chi connectivity index (χ2n) is 6.44. The van der Waals surface area contributed by atoms with Crippen LogP contribution in [0.15, 0.2) is 42.2 Å². The van der Waals surface area contributed by atoms with E-state index in [2.05, 4.69) is 17.4 Å². The van der Waals surface area contributed by atoms with Gasteiger partial charge in [-0.15, -0.1) is 0 Å². The lowest BCUT2D eigenvalue weighted by atomic mass is 9.87. The zero-order chi connectivity index (χ0) is 15.2. The predicted molar refractivity (Wildman–Crippen MR) is 87.3 cm³/mol. The van der Waals surface area contributed by atoms with Crippen LogP contribution in [-0.4, -0.2) is 18.6 Å². The highest BCUT2D eigenvalue weighted by Gasteiger charge is 2.25. The molecule has 118 valence electrons. The number of benzene rings is 1. The van der Waals surface area contributed by atoms with E-state index in [-0.39, 0.29) is 11.9 Å². The summed E-state index contributed by atoms with van der Waals surface area (Å²) in [5.41, 5.74) is 1.22. The fourth-order valence-electron chi connectivity index (χ4n) is 3.48. The van der Waals surface area contributed by atoms with Gasteiger partial charge in [-0.1, -0.05) is 62.4 Å². The summed E-state index contributed by atoms with van der Waals surface area (Å²) in [4.78, 5) is 11.7. The Balaban J connectivity index is 1.49. The molecule has 1 fully saturated rings. The van der Waals surface area contributed by atoms with Crippen molar-refractivity contribution in [3.8, 4) is 0 Å². The summed E-state index contributed by atoms with van der Waals surface area (Å²) in [6.07, 6.45) is 10.3. The Kier molecular flexibility index (Phi) is 5.15. The van der Waals surface area contributed by atoms with Gasteiger partial charge in [-0.05, 0) is 24.3 Å². The summed E-state index contributed by atoms with van der Waals surface area (Å²) in [5, 5.41) is 2.98. The predicted octanol–water partition coefficient (Wildman–Crippen LogP) is 3.60. The molecule has 1 saturated carbocycles. The fraction of sp³-hybridized carbons (Fsp3) is 0.526. The summed E-state index contributed by atoms with van der Waals surface area (Å²) in [7, 11) is 0. The van der Waals surface area contributed by atoms with E-state index < -0.39 is 0 Å². The van der Waals surface area contributed by atoms with Crippen LogP contribution >= 0.6 is 0 Å². The number of nitrogens with one attached hydrogen (secondary N) is 1. The normalized spacial score (nSPS) is 22.3. The second kappa shape index (κ2) is 7.48. The summed E-state index contributed by atoms with van der Waals surface area (Å²) >= 11 is 0. The van der Waals surface area contributed by atoms with Crippen LogP contribution in [0.3, 0.4) is 0 Å². The summed E-state index contributed by atoms with van der Waals surface area (Å²) in [6.45, 7) is 0.733. The first kappa shape index (κ1) is 15.1. The van der Waals surface area contributed by atoms with Gasteiger partial charge in [0.25, 0.3) is 0 Å². The average molecular weight is 299 g/mol. The third kappa shape index (κ3) is 4.12. The zero-order valence-corrected chi connectivity index (χ0v) is 13.1. The lowest BCUT2D eigenvalue weighted by Gasteiger charge is -2.22. The van der Waals surface area contributed by atoms with Gasteiger partial charge in [-0.2, -0.15) is 0 Å². The molecular formula is C19H25NO2. The van der Waals surface area contributed by atoms with Crippen LogP contribution in [0.1, 0.15) is 44.1 Å². The smallest absolute Gasteiger partial charge is 0.248 e. The summed E-state index contributed by atoms with van der Waals surface area (Å²) in [6, 6.07) is 10.2. The molecule has 1 aromatic rings. The third-order valence-corrected chi connectivity index (χ3v) is 4.74. The number of hydrogen-bond acceptors (Lipinski definition) is 2. The monoisotopic (exact) mass is 299 g/mol. The van der Waals surface area contributed by atoms with Crippen molar-refractivity contribution in [1.82, 2.24) is 5.32 Å². The van der Waals surface area contributed by atoms with E-state index in [0.717, 1.165) is 31.1 Å². The van der Waals surface area contributed by atoms with Gasteiger partial charge in [-0.3, -0.25) is 4.79 Å². The van der Waals surface area contributed by atoms with Crippen molar-refractivity contribution in [2.45, 2.75) is 51.0 Å². The molecule has 0 bridgehead atoms. The van der Waals surface area contributed by atoms with Gasteiger partial charge >= 0.3 is 0 Å². The van der Waals surface area contributed by atoms with Crippen LogP contribution in [-0.2, 0) is 16.0 Å². The molecule has 1 atom stereocenters. The first-order valence-electron chi connectivity index (χ1n) is 8.50. The average Bonchev–Trinajstić information content (AvgIpc) is 2.89. The van der Waals surface area contributed by atoms with Gasteiger partial charge in [0.15, 0.2) is 0 Å². The molecule has 1 heterocycles. The van der Waals surface area contributed by atoms with Gasteiger partial charge in [0, 0.05) is 6.08 Å². The van der Waals surface area contributed by atoms with E-state index in [9.17, 15) is 4.79 Å². The Labute approximate surface area is 132 Å². The van der Waals surface area contributed by atoms with Crippen molar-refractivity contribution < 1.29 is 9.53 Å². The third-order valence-electron chi connectivity index (χ3n) is 4.74. The van der Waals surface area contributed by atoms with Crippen LogP contribution in [0.2, 0.25) is 0 Å². The highest BCUT2D eigenvalue weighted by molar-refractivity contribution is 5.91. The van der Waals surface area contributed by atoms with Crippen molar-refractivity contribution in [3.05, 3.63) is 47.7 Å². The molecule has 1 amide bonds. The molecule has 1 N–H and O–H groups in total. The standard InChI is InChI=1S/C19H25NO2/c21-19-14-18(22-12-11-15-7-3-1-4-8-15)17(20-19)13-16-9-5-2-6-10-16/h2,5-6,9-10,14-15,17H,1,3-4,7-8,11-13H2,(H,20,21)/t17-/m0/s1. The molecule has 1 aromatic carbocycles. The summed E-state index contributed by atoms with van der Waals surface area (Å²) in [5.74, 6) is 1.59. The maximum absolute atomic E-state index is 11.7. The van der Waals surface area contributed by atoms with E-state index in [0.29, 0.717) is 0 Å². The van der Waals surface area contributed by atoms with Crippen LogP contribution < -0.4 is 5.32 Å². The number of amides is 1. The van der Waals surface area contributed by atoms with Gasteiger partial charge < -0.3 is 10.1 Å². The molecule has 22 heavy (non-hydrogen) atoms. The summed E-state index contributed by atoms with van der Waals surface area (Å²) < 4.78 is 5.94. The molecule has 1 aliphatic heterocycles. The number of ether oxygens (including phenoxy) is 1. The van der Waals surface area contributed by atoms with Crippen LogP contribution in [0.5, 0.6) is 0 Å². The number of carbonyl (C=O) groups is 1. The number of rotatable bonds is 6. The van der Waals surface area contributed by atoms with Crippen molar-refractivity contribution >= 4 is 5.91 Å². The minimum Gasteiger partial charge on any atom is -0.496 e. The second-order valence-corrected chi connectivity index (χ2v) is 6.44. The highest BCUT2D eigenvalue weighted by Crippen LogP contribution is 2.27. The minimum absolute atomic E-state index is 0.0127. The van der Waals surface area contributed by atoms with E-state index in [1.54, 1.807) is 6.08 Å². The fourth-order valence-corrected chi connectivity index (χ4v) is 3.48.